The Hall–Kier alpha value is -2.67. The van der Waals surface area contributed by atoms with Crippen molar-refractivity contribution < 1.29 is 9.53 Å². The zero-order chi connectivity index (χ0) is 17.1. The normalized spacial score (nSPS) is 10.6. The Bertz CT molecular complexity index is 852. The SMILES string of the molecule is CCn1cc(C(=O)Nc2nc(-c3ccc(OC)cc3)c(C)s2)cn1. The van der Waals surface area contributed by atoms with Gasteiger partial charge in [-0.3, -0.25) is 14.8 Å². The Morgan fingerprint density at radius 2 is 2.08 bits per heavy atom. The molecule has 0 atom stereocenters. The number of nitrogens with zero attached hydrogens (tertiary/aromatic N) is 3. The van der Waals surface area contributed by atoms with Crippen molar-refractivity contribution in [1.82, 2.24) is 14.8 Å². The van der Waals surface area contributed by atoms with Gasteiger partial charge in [0.25, 0.3) is 5.91 Å². The summed E-state index contributed by atoms with van der Waals surface area (Å²) in [6.45, 7) is 4.69. The van der Waals surface area contributed by atoms with E-state index in [-0.39, 0.29) is 5.91 Å². The molecule has 24 heavy (non-hydrogen) atoms. The van der Waals surface area contributed by atoms with E-state index in [1.54, 1.807) is 24.2 Å². The molecule has 7 heteroatoms. The molecule has 0 unspecified atom stereocenters. The van der Waals surface area contributed by atoms with Crippen molar-refractivity contribution >= 4 is 22.4 Å². The molecule has 0 radical (unpaired) electrons. The van der Waals surface area contributed by atoms with E-state index in [2.05, 4.69) is 15.4 Å². The van der Waals surface area contributed by atoms with Crippen LogP contribution in [0.5, 0.6) is 5.75 Å². The summed E-state index contributed by atoms with van der Waals surface area (Å²) in [6, 6.07) is 7.70. The first kappa shape index (κ1) is 16.2. The van der Waals surface area contributed by atoms with Crippen molar-refractivity contribution in [2.45, 2.75) is 20.4 Å². The van der Waals surface area contributed by atoms with Crippen LogP contribution in [0.1, 0.15) is 22.2 Å². The number of hydrogen-bond donors (Lipinski definition) is 1. The summed E-state index contributed by atoms with van der Waals surface area (Å²) in [7, 11) is 1.64. The second-order valence-corrected chi connectivity index (χ2v) is 6.39. The molecule has 0 bridgehead atoms. The number of carbonyl (C=O) groups is 1. The Balaban J connectivity index is 1.79. The zero-order valence-corrected chi connectivity index (χ0v) is 14.6. The maximum atomic E-state index is 12.3. The van der Waals surface area contributed by atoms with Crippen molar-refractivity contribution in [2.24, 2.45) is 0 Å². The summed E-state index contributed by atoms with van der Waals surface area (Å²) in [4.78, 5) is 17.9. The van der Waals surface area contributed by atoms with Crippen LogP contribution >= 0.6 is 11.3 Å². The average Bonchev–Trinajstić information content (AvgIpc) is 3.21. The molecule has 3 rings (SSSR count). The van der Waals surface area contributed by atoms with E-state index in [9.17, 15) is 4.79 Å². The van der Waals surface area contributed by atoms with E-state index < -0.39 is 0 Å². The number of ether oxygens (including phenoxy) is 1. The summed E-state index contributed by atoms with van der Waals surface area (Å²) in [6.07, 6.45) is 3.28. The third kappa shape index (κ3) is 3.30. The number of amides is 1. The number of carbonyl (C=O) groups excluding carboxylic acids is 1. The second kappa shape index (κ2) is 6.84. The monoisotopic (exact) mass is 342 g/mol. The molecule has 0 aliphatic rings. The van der Waals surface area contributed by atoms with Gasteiger partial charge in [0.15, 0.2) is 5.13 Å². The number of aryl methyl sites for hydroxylation is 2. The van der Waals surface area contributed by atoms with Gasteiger partial charge in [-0.25, -0.2) is 4.98 Å². The number of hydrogen-bond acceptors (Lipinski definition) is 5. The van der Waals surface area contributed by atoms with E-state index >= 15 is 0 Å². The first-order valence-electron chi connectivity index (χ1n) is 7.56. The third-order valence-electron chi connectivity index (χ3n) is 3.60. The molecule has 2 heterocycles. The molecule has 6 nitrogen and oxygen atoms in total. The van der Waals surface area contributed by atoms with Gasteiger partial charge in [0.2, 0.25) is 0 Å². The number of aromatic nitrogens is 3. The van der Waals surface area contributed by atoms with Gasteiger partial charge in [-0.15, -0.1) is 11.3 Å². The average molecular weight is 342 g/mol. The molecular weight excluding hydrogens is 324 g/mol. The van der Waals surface area contributed by atoms with Crippen LogP contribution in [0.2, 0.25) is 0 Å². The summed E-state index contributed by atoms with van der Waals surface area (Å²) in [5, 5.41) is 7.53. The first-order chi connectivity index (χ1) is 11.6. The summed E-state index contributed by atoms with van der Waals surface area (Å²) >= 11 is 1.45. The lowest BCUT2D eigenvalue weighted by Crippen LogP contribution is -2.10. The highest BCUT2D eigenvalue weighted by Gasteiger charge is 2.14. The number of anilines is 1. The third-order valence-corrected chi connectivity index (χ3v) is 4.49. The molecular formula is C17H18N4O2S. The second-order valence-electron chi connectivity index (χ2n) is 5.19. The number of benzene rings is 1. The van der Waals surface area contributed by atoms with E-state index in [0.717, 1.165) is 28.4 Å². The molecule has 0 saturated heterocycles. The van der Waals surface area contributed by atoms with Gasteiger partial charge in [-0.1, -0.05) is 0 Å². The molecule has 0 spiro atoms. The minimum Gasteiger partial charge on any atom is -0.497 e. The predicted octanol–water partition coefficient (Wildman–Crippen LogP) is 3.60. The molecule has 1 aromatic carbocycles. The van der Waals surface area contributed by atoms with Gasteiger partial charge in [0.1, 0.15) is 5.75 Å². The predicted molar refractivity (Wildman–Crippen MR) is 94.7 cm³/mol. The Morgan fingerprint density at radius 3 is 2.71 bits per heavy atom. The zero-order valence-electron chi connectivity index (χ0n) is 13.7. The molecule has 0 saturated carbocycles. The maximum absolute atomic E-state index is 12.3. The van der Waals surface area contributed by atoms with Gasteiger partial charge >= 0.3 is 0 Å². The highest BCUT2D eigenvalue weighted by Crippen LogP contribution is 2.31. The Morgan fingerprint density at radius 1 is 1.33 bits per heavy atom. The largest absolute Gasteiger partial charge is 0.497 e. The molecule has 1 N–H and O–H groups in total. The summed E-state index contributed by atoms with van der Waals surface area (Å²) in [5.41, 5.74) is 2.38. The van der Waals surface area contributed by atoms with Crippen LogP contribution in [-0.4, -0.2) is 27.8 Å². The van der Waals surface area contributed by atoms with Gasteiger partial charge < -0.3 is 4.74 Å². The van der Waals surface area contributed by atoms with Crippen molar-refractivity contribution in [3.05, 3.63) is 47.1 Å². The lowest BCUT2D eigenvalue weighted by molar-refractivity contribution is 0.102. The van der Waals surface area contributed by atoms with Gasteiger partial charge in [-0.2, -0.15) is 5.10 Å². The number of rotatable bonds is 5. The van der Waals surface area contributed by atoms with E-state index in [1.165, 1.54) is 11.3 Å². The fraction of sp³-hybridized carbons (Fsp3) is 0.235. The fourth-order valence-corrected chi connectivity index (χ4v) is 3.12. The smallest absolute Gasteiger partial charge is 0.260 e. The molecule has 2 aromatic heterocycles. The quantitative estimate of drug-likeness (QED) is 0.769. The van der Waals surface area contributed by atoms with Crippen LogP contribution < -0.4 is 10.1 Å². The molecule has 0 aliphatic carbocycles. The molecule has 3 aromatic rings. The van der Waals surface area contributed by atoms with Crippen molar-refractivity contribution in [1.29, 1.82) is 0 Å². The lowest BCUT2D eigenvalue weighted by Gasteiger charge is -2.01. The van der Waals surface area contributed by atoms with Gasteiger partial charge in [-0.05, 0) is 38.1 Å². The Kier molecular flexibility index (Phi) is 4.61. The maximum Gasteiger partial charge on any atom is 0.260 e. The summed E-state index contributed by atoms with van der Waals surface area (Å²) < 4.78 is 6.88. The standard InChI is InChI=1S/C17H18N4O2S/c1-4-21-10-13(9-18-21)16(22)20-17-19-15(11(2)24-17)12-5-7-14(23-3)8-6-12/h5-10H,4H2,1-3H3,(H,19,20,22). The highest BCUT2D eigenvalue weighted by molar-refractivity contribution is 7.16. The van der Waals surface area contributed by atoms with E-state index in [4.69, 9.17) is 4.74 Å². The van der Waals surface area contributed by atoms with Crippen molar-refractivity contribution in [2.75, 3.05) is 12.4 Å². The van der Waals surface area contributed by atoms with Crippen LogP contribution in [0, 0.1) is 6.92 Å². The van der Waals surface area contributed by atoms with Crippen LogP contribution in [0.25, 0.3) is 11.3 Å². The minimum atomic E-state index is -0.204. The highest BCUT2D eigenvalue weighted by atomic mass is 32.1. The van der Waals surface area contributed by atoms with E-state index in [0.29, 0.717) is 10.7 Å². The van der Waals surface area contributed by atoms with Crippen molar-refractivity contribution in [3.8, 4) is 17.0 Å². The first-order valence-corrected chi connectivity index (χ1v) is 8.38. The van der Waals surface area contributed by atoms with Crippen LogP contribution in [0.4, 0.5) is 5.13 Å². The van der Waals surface area contributed by atoms with Crippen LogP contribution in [-0.2, 0) is 6.54 Å². The summed E-state index contributed by atoms with van der Waals surface area (Å²) in [5.74, 6) is 0.595. The minimum absolute atomic E-state index is 0.204. The number of nitrogens with one attached hydrogen (secondary N) is 1. The molecule has 0 aliphatic heterocycles. The topological polar surface area (TPSA) is 69.0 Å². The van der Waals surface area contributed by atoms with Crippen LogP contribution in [0.3, 0.4) is 0 Å². The fourth-order valence-electron chi connectivity index (χ4n) is 2.29. The van der Waals surface area contributed by atoms with Crippen molar-refractivity contribution in [3.63, 3.8) is 0 Å². The van der Waals surface area contributed by atoms with Gasteiger partial charge in [0.05, 0.1) is 24.6 Å². The molecule has 1 amide bonds. The number of methoxy groups -OCH3 is 1. The molecule has 0 fully saturated rings. The Labute approximate surface area is 144 Å². The van der Waals surface area contributed by atoms with E-state index in [1.807, 2.05) is 38.1 Å². The molecule has 124 valence electrons. The van der Waals surface area contributed by atoms with Gasteiger partial charge in [0, 0.05) is 23.2 Å². The lowest BCUT2D eigenvalue weighted by atomic mass is 10.1. The van der Waals surface area contributed by atoms with Crippen LogP contribution in [0.15, 0.2) is 36.7 Å². The number of thiazole rings is 1.